The van der Waals surface area contributed by atoms with Gasteiger partial charge in [-0.1, -0.05) is 0 Å². The molecule has 0 bridgehead atoms. The first-order valence-corrected chi connectivity index (χ1v) is 6.99. The number of esters is 1. The highest BCUT2D eigenvalue weighted by atomic mass is 19.1. The van der Waals surface area contributed by atoms with Gasteiger partial charge in [0.25, 0.3) is 5.91 Å². The van der Waals surface area contributed by atoms with Crippen molar-refractivity contribution in [2.24, 2.45) is 0 Å². The van der Waals surface area contributed by atoms with E-state index in [0.29, 0.717) is 6.07 Å². The van der Waals surface area contributed by atoms with Crippen LogP contribution in [-0.4, -0.2) is 33.1 Å². The van der Waals surface area contributed by atoms with E-state index in [1.54, 1.807) is 6.92 Å². The van der Waals surface area contributed by atoms with Gasteiger partial charge in [-0.15, -0.1) is 0 Å². The summed E-state index contributed by atoms with van der Waals surface area (Å²) < 4.78 is 32.8. The van der Waals surface area contributed by atoms with Crippen LogP contribution in [0.5, 0.6) is 0 Å². The Bertz CT molecular complexity index is 912. The summed E-state index contributed by atoms with van der Waals surface area (Å²) in [6, 6.07) is 2.43. The second-order valence-corrected chi connectivity index (χ2v) is 4.82. The first-order valence-electron chi connectivity index (χ1n) is 6.99. The number of nitrogens with zero attached hydrogens (tertiary/aromatic N) is 2. The molecule has 3 rings (SSSR count). The number of benzene rings is 1. The minimum atomic E-state index is -0.882. The fourth-order valence-corrected chi connectivity index (χ4v) is 2.22. The van der Waals surface area contributed by atoms with Crippen LogP contribution in [0.15, 0.2) is 30.6 Å². The fourth-order valence-electron chi connectivity index (χ4n) is 2.22. The van der Waals surface area contributed by atoms with E-state index in [4.69, 9.17) is 4.74 Å². The van der Waals surface area contributed by atoms with Crippen molar-refractivity contribution in [1.82, 2.24) is 14.6 Å². The van der Waals surface area contributed by atoms with Gasteiger partial charge < -0.3 is 10.1 Å². The molecular formula is C15H12F2N4O3. The van der Waals surface area contributed by atoms with Crippen LogP contribution in [0, 0.1) is 11.6 Å². The highest BCUT2D eigenvalue weighted by Gasteiger charge is 2.23. The van der Waals surface area contributed by atoms with Gasteiger partial charge in [-0.3, -0.25) is 9.89 Å². The number of carbonyl (C=O) groups excluding carboxylic acids is 2. The summed E-state index contributed by atoms with van der Waals surface area (Å²) in [6.45, 7) is 1.78. The average molecular weight is 334 g/mol. The maximum atomic E-state index is 13.2. The second kappa shape index (κ2) is 6.11. The third-order valence-electron chi connectivity index (χ3n) is 3.19. The number of hydrogen-bond donors (Lipinski definition) is 2. The summed E-state index contributed by atoms with van der Waals surface area (Å²) in [4.78, 5) is 28.3. The molecule has 0 radical (unpaired) electrons. The van der Waals surface area contributed by atoms with E-state index in [1.165, 1.54) is 16.9 Å². The van der Waals surface area contributed by atoms with Crippen LogP contribution in [0.1, 0.15) is 27.6 Å². The lowest BCUT2D eigenvalue weighted by atomic mass is 10.2. The van der Waals surface area contributed by atoms with Crippen molar-refractivity contribution in [1.29, 1.82) is 0 Å². The molecule has 124 valence electrons. The highest BCUT2D eigenvalue weighted by Crippen LogP contribution is 2.21. The molecule has 9 heteroatoms. The summed E-state index contributed by atoms with van der Waals surface area (Å²) in [5.74, 6) is -3.22. The van der Waals surface area contributed by atoms with Crippen molar-refractivity contribution in [2.75, 3.05) is 11.9 Å². The first-order chi connectivity index (χ1) is 11.5. The quantitative estimate of drug-likeness (QED) is 0.717. The molecular weight excluding hydrogens is 322 g/mol. The van der Waals surface area contributed by atoms with Gasteiger partial charge in [-0.05, 0) is 19.1 Å². The number of aromatic nitrogens is 3. The zero-order valence-corrected chi connectivity index (χ0v) is 12.5. The largest absolute Gasteiger partial charge is 0.462 e. The SMILES string of the molecule is CCOC(=O)c1c(NC(=O)c2cc(F)cc(F)c2)[nH]n2ccnc12. The van der Waals surface area contributed by atoms with Crippen LogP contribution < -0.4 is 5.32 Å². The fraction of sp³-hybridized carbons (Fsp3) is 0.133. The highest BCUT2D eigenvalue weighted by molar-refractivity contribution is 6.09. The molecule has 0 unspecified atom stereocenters. The summed E-state index contributed by atoms with van der Waals surface area (Å²) in [7, 11) is 0. The molecule has 1 amide bonds. The van der Waals surface area contributed by atoms with Crippen LogP contribution in [-0.2, 0) is 4.74 Å². The van der Waals surface area contributed by atoms with E-state index in [1.807, 2.05) is 0 Å². The Hall–Kier alpha value is -3.23. The average Bonchev–Trinajstić information content (AvgIpc) is 3.06. The van der Waals surface area contributed by atoms with E-state index in [-0.39, 0.29) is 29.2 Å². The van der Waals surface area contributed by atoms with Gasteiger partial charge in [0.2, 0.25) is 0 Å². The van der Waals surface area contributed by atoms with E-state index >= 15 is 0 Å². The molecule has 2 heterocycles. The standard InChI is InChI=1S/C15H12F2N4O3/c1-2-24-15(23)11-12(20-21-4-3-18-13(11)21)19-14(22)8-5-9(16)7-10(17)6-8/h3-7,20H,2H2,1H3,(H,19,22). The summed E-state index contributed by atoms with van der Waals surface area (Å²) in [6.07, 6.45) is 3.00. The number of aromatic amines is 1. The lowest BCUT2D eigenvalue weighted by Gasteiger charge is -2.06. The molecule has 2 aromatic heterocycles. The number of hydrogen-bond acceptors (Lipinski definition) is 4. The maximum absolute atomic E-state index is 13.2. The number of ether oxygens (including phenoxy) is 1. The number of amides is 1. The van der Waals surface area contributed by atoms with Gasteiger partial charge in [0.05, 0.1) is 6.61 Å². The Morgan fingerprint density at radius 1 is 1.29 bits per heavy atom. The molecule has 7 nitrogen and oxygen atoms in total. The normalized spacial score (nSPS) is 10.8. The number of imidazole rings is 1. The van der Waals surface area contributed by atoms with E-state index < -0.39 is 23.5 Å². The number of anilines is 1. The van der Waals surface area contributed by atoms with E-state index in [2.05, 4.69) is 15.4 Å². The zero-order chi connectivity index (χ0) is 17.3. The number of halogens is 2. The van der Waals surface area contributed by atoms with Crippen molar-refractivity contribution >= 4 is 23.3 Å². The number of carbonyl (C=O) groups is 2. The van der Waals surface area contributed by atoms with Crippen molar-refractivity contribution < 1.29 is 23.1 Å². The predicted octanol–water partition coefficient (Wildman–Crippen LogP) is 2.37. The molecule has 24 heavy (non-hydrogen) atoms. The first kappa shape index (κ1) is 15.7. The van der Waals surface area contributed by atoms with Crippen LogP contribution >= 0.6 is 0 Å². The number of fused-ring (bicyclic) bond motifs is 1. The minimum absolute atomic E-state index is 0.0196. The van der Waals surface area contributed by atoms with Crippen molar-refractivity contribution in [3.8, 4) is 0 Å². The second-order valence-electron chi connectivity index (χ2n) is 4.82. The molecule has 2 N–H and O–H groups in total. The minimum Gasteiger partial charge on any atom is -0.462 e. The maximum Gasteiger partial charge on any atom is 0.345 e. The van der Waals surface area contributed by atoms with Gasteiger partial charge in [0.1, 0.15) is 23.0 Å². The molecule has 0 aliphatic rings. The van der Waals surface area contributed by atoms with Crippen molar-refractivity contribution in [2.45, 2.75) is 6.92 Å². The number of rotatable bonds is 4. The molecule has 0 saturated carbocycles. The Morgan fingerprint density at radius 3 is 2.67 bits per heavy atom. The molecule has 0 spiro atoms. The summed E-state index contributed by atoms with van der Waals surface area (Å²) in [5.41, 5.74) is 0.0517. The molecule has 0 aliphatic heterocycles. The molecule has 0 aliphatic carbocycles. The van der Waals surface area contributed by atoms with Gasteiger partial charge in [-0.25, -0.2) is 23.1 Å². The van der Waals surface area contributed by atoms with E-state index in [9.17, 15) is 18.4 Å². The Labute approximate surface area is 134 Å². The smallest absolute Gasteiger partial charge is 0.345 e. The summed E-state index contributed by atoms with van der Waals surface area (Å²) in [5, 5.41) is 5.15. The molecule has 0 atom stereocenters. The molecule has 0 fully saturated rings. The van der Waals surface area contributed by atoms with Crippen LogP contribution in [0.2, 0.25) is 0 Å². The Balaban J connectivity index is 1.97. The monoisotopic (exact) mass is 334 g/mol. The van der Waals surface area contributed by atoms with Gasteiger partial charge >= 0.3 is 5.97 Å². The lowest BCUT2D eigenvalue weighted by Crippen LogP contribution is -2.16. The van der Waals surface area contributed by atoms with Gasteiger partial charge in [0.15, 0.2) is 5.65 Å². The number of H-pyrrole nitrogens is 1. The predicted molar refractivity (Wildman–Crippen MR) is 79.8 cm³/mol. The third kappa shape index (κ3) is 2.83. The van der Waals surface area contributed by atoms with Crippen LogP contribution in [0.4, 0.5) is 14.6 Å². The lowest BCUT2D eigenvalue weighted by molar-refractivity contribution is 0.0529. The Kier molecular flexibility index (Phi) is 3.98. The third-order valence-corrected chi connectivity index (χ3v) is 3.19. The van der Waals surface area contributed by atoms with Gasteiger partial charge in [-0.2, -0.15) is 0 Å². The van der Waals surface area contributed by atoms with Crippen molar-refractivity contribution in [3.63, 3.8) is 0 Å². The number of nitrogens with one attached hydrogen (secondary N) is 2. The molecule has 0 saturated heterocycles. The molecule has 3 aromatic rings. The van der Waals surface area contributed by atoms with E-state index in [0.717, 1.165) is 12.1 Å². The topological polar surface area (TPSA) is 88.5 Å². The summed E-state index contributed by atoms with van der Waals surface area (Å²) >= 11 is 0. The van der Waals surface area contributed by atoms with Crippen LogP contribution in [0.25, 0.3) is 5.65 Å². The van der Waals surface area contributed by atoms with Crippen LogP contribution in [0.3, 0.4) is 0 Å². The zero-order valence-electron chi connectivity index (χ0n) is 12.5. The van der Waals surface area contributed by atoms with Crippen molar-refractivity contribution in [3.05, 3.63) is 53.4 Å². The van der Waals surface area contributed by atoms with Gasteiger partial charge in [0, 0.05) is 24.0 Å². The Morgan fingerprint density at radius 2 is 2.00 bits per heavy atom. The molecule has 1 aromatic carbocycles.